The minimum atomic E-state index is -1.41. The first-order valence-electron chi connectivity index (χ1n) is 7.75. The highest BCUT2D eigenvalue weighted by molar-refractivity contribution is 5.73. The Bertz CT molecular complexity index is 587. The van der Waals surface area contributed by atoms with Crippen molar-refractivity contribution in [1.29, 1.82) is 0 Å². The summed E-state index contributed by atoms with van der Waals surface area (Å²) >= 11 is 0. The fraction of sp³-hybridized carbons (Fsp3) is 0.316. The molecule has 0 saturated heterocycles. The van der Waals surface area contributed by atoms with E-state index in [0.717, 1.165) is 18.5 Å². The van der Waals surface area contributed by atoms with Crippen LogP contribution in [-0.4, -0.2) is 46.8 Å². The van der Waals surface area contributed by atoms with Gasteiger partial charge in [0.05, 0.1) is 6.10 Å². The zero-order valence-corrected chi connectivity index (χ0v) is 14.0. The normalized spacial score (nSPS) is 12.9. The van der Waals surface area contributed by atoms with E-state index in [-0.39, 0.29) is 6.10 Å². The number of nitrogens with zero attached hydrogens (tertiary/aromatic N) is 1. The van der Waals surface area contributed by atoms with Crippen molar-refractivity contribution < 1.29 is 20.1 Å². The molecule has 1 unspecified atom stereocenters. The highest BCUT2D eigenvalue weighted by atomic mass is 16.4. The van der Waals surface area contributed by atoms with Gasteiger partial charge in [-0.25, -0.2) is 4.79 Å². The molecule has 0 saturated carbocycles. The van der Waals surface area contributed by atoms with Crippen molar-refractivity contribution in [2.24, 2.45) is 0 Å². The minimum Gasteiger partial charge on any atom is -0.479 e. The van der Waals surface area contributed by atoms with Crippen LogP contribution in [0.25, 0.3) is 0 Å². The van der Waals surface area contributed by atoms with E-state index in [2.05, 4.69) is 4.90 Å². The monoisotopic (exact) mass is 331 g/mol. The standard InChI is InChI=1S/C11H17NO.C8H8O3/c1-12(2)9-8-11(13)10-6-4-3-5-7-10;9-7(8(10)11)6-4-2-1-3-5-6/h3-7,11,13H,8-9H2,1-2H3;1-5,7,9H,(H,10,11)/t11-;/m1./s1. The van der Waals surface area contributed by atoms with Crippen LogP contribution in [0.5, 0.6) is 0 Å². The van der Waals surface area contributed by atoms with Crippen LogP contribution >= 0.6 is 0 Å². The molecule has 0 heterocycles. The van der Waals surface area contributed by atoms with Gasteiger partial charge in [-0.05, 0) is 31.6 Å². The highest BCUT2D eigenvalue weighted by Crippen LogP contribution is 2.15. The molecule has 0 spiro atoms. The molecule has 2 atom stereocenters. The van der Waals surface area contributed by atoms with Crippen LogP contribution in [0.1, 0.15) is 29.8 Å². The maximum Gasteiger partial charge on any atom is 0.337 e. The van der Waals surface area contributed by atoms with E-state index in [1.54, 1.807) is 30.3 Å². The van der Waals surface area contributed by atoms with Gasteiger partial charge in [0.2, 0.25) is 0 Å². The number of rotatable bonds is 6. The van der Waals surface area contributed by atoms with Gasteiger partial charge in [-0.1, -0.05) is 60.7 Å². The van der Waals surface area contributed by atoms with Crippen molar-refractivity contribution in [3.05, 3.63) is 71.8 Å². The van der Waals surface area contributed by atoms with Gasteiger partial charge in [0.15, 0.2) is 6.10 Å². The molecule has 2 aromatic rings. The van der Waals surface area contributed by atoms with E-state index in [0.29, 0.717) is 5.56 Å². The zero-order chi connectivity index (χ0) is 17.9. The first-order valence-corrected chi connectivity index (χ1v) is 7.75. The molecule has 0 radical (unpaired) electrons. The second kappa shape index (κ2) is 10.5. The number of aliphatic hydroxyl groups is 2. The third kappa shape index (κ3) is 7.37. The summed E-state index contributed by atoms with van der Waals surface area (Å²) in [5.41, 5.74) is 1.41. The summed E-state index contributed by atoms with van der Waals surface area (Å²) in [6, 6.07) is 18.0. The van der Waals surface area contributed by atoms with Crippen molar-refractivity contribution in [2.45, 2.75) is 18.6 Å². The molecule has 24 heavy (non-hydrogen) atoms. The molecule has 2 rings (SSSR count). The van der Waals surface area contributed by atoms with E-state index < -0.39 is 12.1 Å². The summed E-state index contributed by atoms with van der Waals surface area (Å²) in [6.45, 7) is 0.913. The van der Waals surface area contributed by atoms with Gasteiger partial charge < -0.3 is 20.2 Å². The lowest BCUT2D eigenvalue weighted by atomic mass is 10.1. The number of benzene rings is 2. The van der Waals surface area contributed by atoms with Crippen LogP contribution in [0.3, 0.4) is 0 Å². The molecule has 5 nitrogen and oxygen atoms in total. The zero-order valence-electron chi connectivity index (χ0n) is 14.0. The van der Waals surface area contributed by atoms with Gasteiger partial charge in [0.1, 0.15) is 0 Å². The molecule has 2 aromatic carbocycles. The summed E-state index contributed by atoms with van der Waals surface area (Å²) in [5, 5.41) is 27.1. The van der Waals surface area contributed by atoms with Gasteiger partial charge >= 0.3 is 5.97 Å². The first-order chi connectivity index (χ1) is 11.4. The Labute approximate surface area is 142 Å². The SMILES string of the molecule is CN(C)CC[C@@H](O)c1ccccc1.O=C(O)C(O)c1ccccc1. The van der Waals surface area contributed by atoms with Crippen LogP contribution in [0.2, 0.25) is 0 Å². The smallest absolute Gasteiger partial charge is 0.337 e. The second-order valence-corrected chi connectivity index (χ2v) is 5.67. The number of carboxylic acid groups (broad SMARTS) is 1. The van der Waals surface area contributed by atoms with Crippen molar-refractivity contribution in [3.8, 4) is 0 Å². The van der Waals surface area contributed by atoms with E-state index >= 15 is 0 Å². The average molecular weight is 331 g/mol. The van der Waals surface area contributed by atoms with Gasteiger partial charge in [-0.3, -0.25) is 0 Å². The molecule has 5 heteroatoms. The van der Waals surface area contributed by atoms with Crippen molar-refractivity contribution in [2.75, 3.05) is 20.6 Å². The molecule has 3 N–H and O–H groups in total. The number of carboxylic acids is 1. The summed E-state index contributed by atoms with van der Waals surface area (Å²) in [4.78, 5) is 12.3. The summed E-state index contributed by atoms with van der Waals surface area (Å²) < 4.78 is 0. The predicted molar refractivity (Wildman–Crippen MR) is 93.6 cm³/mol. The van der Waals surface area contributed by atoms with Gasteiger partial charge in [0, 0.05) is 6.54 Å². The van der Waals surface area contributed by atoms with Crippen LogP contribution in [-0.2, 0) is 4.79 Å². The fourth-order valence-corrected chi connectivity index (χ4v) is 2.00. The van der Waals surface area contributed by atoms with Crippen LogP contribution in [0, 0.1) is 0 Å². The van der Waals surface area contributed by atoms with Crippen molar-refractivity contribution in [3.63, 3.8) is 0 Å². The number of aliphatic carboxylic acids is 1. The quantitative estimate of drug-likeness (QED) is 0.758. The maximum absolute atomic E-state index is 10.2. The Kier molecular flexibility index (Phi) is 8.71. The summed E-state index contributed by atoms with van der Waals surface area (Å²) in [5.74, 6) is -1.23. The predicted octanol–water partition coefficient (Wildman–Crippen LogP) is 2.48. The lowest BCUT2D eigenvalue weighted by Crippen LogP contribution is -2.15. The van der Waals surface area contributed by atoms with Crippen molar-refractivity contribution >= 4 is 5.97 Å². The first kappa shape index (κ1) is 19.8. The third-order valence-corrected chi connectivity index (χ3v) is 3.38. The number of carbonyl (C=O) groups is 1. The molecule has 130 valence electrons. The maximum atomic E-state index is 10.2. The van der Waals surface area contributed by atoms with Gasteiger partial charge in [-0.2, -0.15) is 0 Å². The largest absolute Gasteiger partial charge is 0.479 e. The summed E-state index contributed by atoms with van der Waals surface area (Å²) in [6.07, 6.45) is -0.948. The number of hydrogen-bond acceptors (Lipinski definition) is 4. The average Bonchev–Trinajstić information content (AvgIpc) is 2.61. The molecule has 0 aliphatic heterocycles. The molecule has 0 aliphatic rings. The van der Waals surface area contributed by atoms with E-state index in [9.17, 15) is 9.90 Å². The topological polar surface area (TPSA) is 81.0 Å². The van der Waals surface area contributed by atoms with Crippen molar-refractivity contribution in [1.82, 2.24) is 4.90 Å². The Morgan fingerprint density at radius 3 is 1.79 bits per heavy atom. The fourth-order valence-electron chi connectivity index (χ4n) is 2.00. The minimum absolute atomic E-state index is 0.330. The number of aliphatic hydroxyl groups excluding tert-OH is 2. The van der Waals surface area contributed by atoms with Gasteiger partial charge in [-0.15, -0.1) is 0 Å². The Morgan fingerprint density at radius 1 is 0.917 bits per heavy atom. The lowest BCUT2D eigenvalue weighted by Gasteiger charge is -2.14. The molecule has 0 aromatic heterocycles. The Morgan fingerprint density at radius 2 is 1.38 bits per heavy atom. The molecular weight excluding hydrogens is 306 g/mol. The Balaban J connectivity index is 0.000000243. The third-order valence-electron chi connectivity index (χ3n) is 3.38. The molecule has 0 bridgehead atoms. The molecule has 0 amide bonds. The van der Waals surface area contributed by atoms with Crippen LogP contribution < -0.4 is 0 Å². The summed E-state index contributed by atoms with van der Waals surface area (Å²) in [7, 11) is 4.02. The lowest BCUT2D eigenvalue weighted by molar-refractivity contribution is -0.146. The number of hydrogen-bond donors (Lipinski definition) is 3. The van der Waals surface area contributed by atoms with Gasteiger partial charge in [0.25, 0.3) is 0 Å². The molecule has 0 aliphatic carbocycles. The molecular formula is C19H25NO4. The van der Waals surface area contributed by atoms with E-state index in [1.165, 1.54) is 0 Å². The van der Waals surface area contributed by atoms with E-state index in [1.807, 2.05) is 44.4 Å². The Hall–Kier alpha value is -2.21. The van der Waals surface area contributed by atoms with E-state index in [4.69, 9.17) is 10.2 Å². The van der Waals surface area contributed by atoms with Crippen LogP contribution in [0.15, 0.2) is 60.7 Å². The van der Waals surface area contributed by atoms with Crippen LogP contribution in [0.4, 0.5) is 0 Å². The molecule has 0 fully saturated rings. The second-order valence-electron chi connectivity index (χ2n) is 5.67. The highest BCUT2D eigenvalue weighted by Gasteiger charge is 2.14.